The molecule has 0 bridgehead atoms. The van der Waals surface area contributed by atoms with E-state index in [-0.39, 0.29) is 18.5 Å². The summed E-state index contributed by atoms with van der Waals surface area (Å²) in [5.74, 6) is -0.118. The van der Waals surface area contributed by atoms with Crippen molar-refractivity contribution in [2.24, 2.45) is 0 Å². The van der Waals surface area contributed by atoms with Crippen LogP contribution in [0.5, 0.6) is 0 Å². The molecular formula is C55H105NO5. The van der Waals surface area contributed by atoms with Crippen LogP contribution in [0.3, 0.4) is 0 Å². The molecule has 2 unspecified atom stereocenters. The van der Waals surface area contributed by atoms with Gasteiger partial charge in [-0.2, -0.15) is 0 Å². The lowest BCUT2D eigenvalue weighted by Gasteiger charge is -2.20. The van der Waals surface area contributed by atoms with Crippen molar-refractivity contribution >= 4 is 11.9 Å². The van der Waals surface area contributed by atoms with Crippen molar-refractivity contribution < 1.29 is 24.5 Å². The fourth-order valence-electron chi connectivity index (χ4n) is 8.27. The van der Waals surface area contributed by atoms with Crippen LogP contribution in [0.4, 0.5) is 0 Å². The Kier molecular flexibility index (Phi) is 49.6. The topological polar surface area (TPSA) is 95.9 Å². The van der Waals surface area contributed by atoms with Gasteiger partial charge in [-0.25, -0.2) is 0 Å². The fourth-order valence-corrected chi connectivity index (χ4v) is 8.27. The summed E-state index contributed by atoms with van der Waals surface area (Å²) in [6.07, 6.45) is 60.4. The molecule has 61 heavy (non-hydrogen) atoms. The Labute approximate surface area is 380 Å². The molecular weight excluding hydrogens is 755 g/mol. The van der Waals surface area contributed by atoms with Gasteiger partial charge in [0.1, 0.15) is 0 Å². The van der Waals surface area contributed by atoms with Crippen LogP contribution in [-0.2, 0) is 14.3 Å². The van der Waals surface area contributed by atoms with Crippen LogP contribution in [0.1, 0.15) is 290 Å². The molecule has 0 aliphatic carbocycles. The number of unbranched alkanes of at least 4 members (excludes halogenated alkanes) is 37. The standard InChI is InChI=1S/C55H105NO5/c1-3-5-7-9-11-13-15-17-19-20-21-22-24-25-27-31-35-39-43-47-53(58)52(51-57)56-54(59)48-44-40-36-32-29-30-34-38-42-46-50-61-55(60)49-45-41-37-33-28-26-23-18-16-14-12-10-8-6-4-2/h18,23,43,47,52-53,57-58H,3-17,19-22,24-42,44-46,48-51H2,1-2H3,(H,56,59)/b23-18-,47-43+. The van der Waals surface area contributed by atoms with Crippen molar-refractivity contribution in [3.63, 3.8) is 0 Å². The van der Waals surface area contributed by atoms with E-state index in [2.05, 4.69) is 31.3 Å². The lowest BCUT2D eigenvalue weighted by atomic mass is 10.0. The van der Waals surface area contributed by atoms with Crippen LogP contribution >= 0.6 is 0 Å². The molecule has 0 aliphatic rings. The smallest absolute Gasteiger partial charge is 0.305 e. The van der Waals surface area contributed by atoms with Gasteiger partial charge in [0.2, 0.25) is 5.91 Å². The molecule has 0 fully saturated rings. The van der Waals surface area contributed by atoms with Crippen molar-refractivity contribution in [3.05, 3.63) is 24.3 Å². The van der Waals surface area contributed by atoms with Crippen LogP contribution in [0, 0.1) is 0 Å². The molecule has 0 heterocycles. The Balaban J connectivity index is 3.52. The van der Waals surface area contributed by atoms with Crippen LogP contribution in [0.2, 0.25) is 0 Å². The van der Waals surface area contributed by atoms with Crippen molar-refractivity contribution in [1.82, 2.24) is 5.32 Å². The van der Waals surface area contributed by atoms with Gasteiger partial charge < -0.3 is 20.3 Å². The molecule has 0 aromatic rings. The Morgan fingerprint density at radius 2 is 0.770 bits per heavy atom. The first-order valence-corrected chi connectivity index (χ1v) is 27.1. The molecule has 0 aromatic heterocycles. The molecule has 6 nitrogen and oxygen atoms in total. The molecule has 0 aliphatic heterocycles. The predicted octanol–water partition coefficient (Wildman–Crippen LogP) is 16.3. The van der Waals surface area contributed by atoms with E-state index in [1.807, 2.05) is 6.08 Å². The van der Waals surface area contributed by atoms with Gasteiger partial charge in [0.15, 0.2) is 0 Å². The van der Waals surface area contributed by atoms with Gasteiger partial charge in [-0.05, 0) is 57.8 Å². The third kappa shape index (κ3) is 47.7. The number of allylic oxidation sites excluding steroid dienone is 3. The zero-order valence-corrected chi connectivity index (χ0v) is 40.9. The summed E-state index contributed by atoms with van der Waals surface area (Å²) in [5, 5.41) is 23.1. The van der Waals surface area contributed by atoms with E-state index in [1.54, 1.807) is 6.08 Å². The lowest BCUT2D eigenvalue weighted by molar-refractivity contribution is -0.143. The Hall–Kier alpha value is -1.66. The van der Waals surface area contributed by atoms with Crippen molar-refractivity contribution in [2.75, 3.05) is 13.2 Å². The number of carbonyl (C=O) groups excluding carboxylic acids is 2. The number of aliphatic hydroxyl groups excluding tert-OH is 2. The van der Waals surface area contributed by atoms with E-state index in [9.17, 15) is 19.8 Å². The Bertz CT molecular complexity index is 951. The highest BCUT2D eigenvalue weighted by atomic mass is 16.5. The van der Waals surface area contributed by atoms with E-state index in [0.29, 0.717) is 19.4 Å². The minimum Gasteiger partial charge on any atom is -0.466 e. The van der Waals surface area contributed by atoms with Crippen LogP contribution < -0.4 is 5.32 Å². The molecule has 3 N–H and O–H groups in total. The van der Waals surface area contributed by atoms with E-state index >= 15 is 0 Å². The number of hydrogen-bond acceptors (Lipinski definition) is 5. The quantitative estimate of drug-likeness (QED) is 0.0322. The van der Waals surface area contributed by atoms with Crippen molar-refractivity contribution in [1.29, 1.82) is 0 Å². The zero-order valence-electron chi connectivity index (χ0n) is 40.9. The predicted molar refractivity (Wildman–Crippen MR) is 264 cm³/mol. The molecule has 0 saturated heterocycles. The Morgan fingerprint density at radius 3 is 1.16 bits per heavy atom. The van der Waals surface area contributed by atoms with Crippen molar-refractivity contribution in [2.45, 2.75) is 302 Å². The second kappa shape index (κ2) is 51.0. The maximum atomic E-state index is 12.5. The summed E-state index contributed by atoms with van der Waals surface area (Å²) in [7, 11) is 0. The molecule has 6 heteroatoms. The van der Waals surface area contributed by atoms with Crippen LogP contribution in [0.15, 0.2) is 24.3 Å². The summed E-state index contributed by atoms with van der Waals surface area (Å²) in [6, 6.07) is -0.645. The van der Waals surface area contributed by atoms with Gasteiger partial charge in [-0.15, -0.1) is 0 Å². The fraction of sp³-hybridized carbons (Fsp3) is 0.891. The first-order valence-electron chi connectivity index (χ1n) is 27.1. The summed E-state index contributed by atoms with van der Waals surface area (Å²) in [4.78, 5) is 24.5. The molecule has 0 radical (unpaired) electrons. The maximum Gasteiger partial charge on any atom is 0.305 e. The van der Waals surface area contributed by atoms with Gasteiger partial charge in [-0.3, -0.25) is 9.59 Å². The first-order chi connectivity index (χ1) is 30.0. The molecule has 1 amide bonds. The minimum absolute atomic E-state index is 0.0285. The van der Waals surface area contributed by atoms with Crippen LogP contribution in [0.25, 0.3) is 0 Å². The molecule has 0 aromatic carbocycles. The summed E-state index contributed by atoms with van der Waals surface area (Å²) >= 11 is 0. The van der Waals surface area contributed by atoms with E-state index in [4.69, 9.17) is 4.74 Å². The van der Waals surface area contributed by atoms with Gasteiger partial charge in [0, 0.05) is 12.8 Å². The third-order valence-corrected chi connectivity index (χ3v) is 12.5. The first kappa shape index (κ1) is 59.3. The second-order valence-corrected chi connectivity index (χ2v) is 18.6. The molecule has 0 rings (SSSR count). The number of carbonyl (C=O) groups is 2. The summed E-state index contributed by atoms with van der Waals surface area (Å²) in [5.41, 5.74) is 0. The number of esters is 1. The number of amides is 1. The maximum absolute atomic E-state index is 12.5. The largest absolute Gasteiger partial charge is 0.466 e. The highest BCUT2D eigenvalue weighted by Crippen LogP contribution is 2.16. The number of nitrogens with one attached hydrogen (secondary N) is 1. The number of hydrogen-bond donors (Lipinski definition) is 3. The molecule has 0 spiro atoms. The number of ether oxygens (including phenoxy) is 1. The van der Waals surface area contributed by atoms with Gasteiger partial charge in [0.25, 0.3) is 0 Å². The zero-order chi connectivity index (χ0) is 44.4. The molecule has 0 saturated carbocycles. The van der Waals surface area contributed by atoms with Gasteiger partial charge in [0.05, 0.1) is 25.4 Å². The molecule has 2 atom stereocenters. The normalized spacial score (nSPS) is 12.8. The summed E-state index contributed by atoms with van der Waals surface area (Å²) < 4.78 is 5.45. The average molecular weight is 860 g/mol. The van der Waals surface area contributed by atoms with E-state index in [0.717, 1.165) is 57.8 Å². The number of aliphatic hydroxyl groups is 2. The van der Waals surface area contributed by atoms with E-state index < -0.39 is 12.1 Å². The van der Waals surface area contributed by atoms with Crippen LogP contribution in [-0.4, -0.2) is 47.4 Å². The Morgan fingerprint density at radius 1 is 0.443 bits per heavy atom. The monoisotopic (exact) mass is 860 g/mol. The van der Waals surface area contributed by atoms with Gasteiger partial charge in [-0.1, -0.05) is 244 Å². The summed E-state index contributed by atoms with van der Waals surface area (Å²) in [6.45, 7) is 4.85. The highest BCUT2D eigenvalue weighted by molar-refractivity contribution is 5.76. The third-order valence-electron chi connectivity index (χ3n) is 12.5. The second-order valence-electron chi connectivity index (χ2n) is 18.6. The van der Waals surface area contributed by atoms with E-state index in [1.165, 1.54) is 205 Å². The SMILES string of the molecule is CCCCCCCC/C=C\CCCCCCCC(=O)OCCCCCCCCCCCCC(=O)NC(CO)C(O)/C=C/CCCCCCCCCCCCCCCCCCC. The lowest BCUT2D eigenvalue weighted by Crippen LogP contribution is -2.45. The van der Waals surface area contributed by atoms with Crippen molar-refractivity contribution in [3.8, 4) is 0 Å². The minimum atomic E-state index is -0.859. The molecule has 360 valence electrons. The van der Waals surface area contributed by atoms with Gasteiger partial charge >= 0.3 is 5.97 Å². The number of rotatable bonds is 50. The average Bonchev–Trinajstić information content (AvgIpc) is 3.26. The highest BCUT2D eigenvalue weighted by Gasteiger charge is 2.18.